The summed E-state index contributed by atoms with van der Waals surface area (Å²) < 4.78 is 28.7. The van der Waals surface area contributed by atoms with Crippen LogP contribution < -0.4 is 4.74 Å². The second kappa shape index (κ2) is 3.27. The quantitative estimate of drug-likeness (QED) is 0.658. The molecule has 0 saturated carbocycles. The third-order valence-corrected chi connectivity index (χ3v) is 1.21. The number of hydrogen-bond acceptors (Lipinski definition) is 2. The van der Waals surface area contributed by atoms with Gasteiger partial charge in [0.2, 0.25) is 0 Å². The Labute approximate surface area is 62.8 Å². The van der Waals surface area contributed by atoms with E-state index in [2.05, 4.69) is 4.98 Å². The summed E-state index contributed by atoms with van der Waals surface area (Å²) in [6.07, 6.45) is -1.24. The third-order valence-electron chi connectivity index (χ3n) is 1.21. The summed E-state index contributed by atoms with van der Waals surface area (Å²) in [5, 5.41) is 0. The Morgan fingerprint density at radius 2 is 2.27 bits per heavy atom. The van der Waals surface area contributed by atoms with E-state index in [1.54, 1.807) is 0 Å². The van der Waals surface area contributed by atoms with E-state index in [1.165, 1.54) is 25.4 Å². The van der Waals surface area contributed by atoms with E-state index in [4.69, 9.17) is 4.74 Å². The molecule has 1 rings (SSSR count). The fourth-order valence-corrected chi connectivity index (χ4v) is 0.674. The molecule has 1 aromatic heterocycles. The van der Waals surface area contributed by atoms with Crippen molar-refractivity contribution in [3.05, 3.63) is 24.0 Å². The standard InChI is InChI=1S/C7H7F2NO/c1-11-5-2-3-10-6(4-5)7(8)9/h2-4,7H,1H3. The Bertz CT molecular complexity index is 240. The molecule has 2 nitrogen and oxygen atoms in total. The van der Waals surface area contributed by atoms with Crippen molar-refractivity contribution in [3.63, 3.8) is 0 Å². The van der Waals surface area contributed by atoms with Crippen molar-refractivity contribution in [1.82, 2.24) is 4.98 Å². The average Bonchev–Trinajstić information content (AvgIpc) is 2.05. The number of ether oxygens (including phenoxy) is 1. The van der Waals surface area contributed by atoms with Crippen LogP contribution in [0.5, 0.6) is 5.75 Å². The molecule has 0 aliphatic rings. The predicted molar refractivity (Wildman–Crippen MR) is 35.7 cm³/mol. The molecule has 0 spiro atoms. The number of halogens is 2. The highest BCUT2D eigenvalue weighted by Gasteiger charge is 2.08. The van der Waals surface area contributed by atoms with Crippen LogP contribution in [-0.2, 0) is 0 Å². The normalized spacial score (nSPS) is 10.2. The Morgan fingerprint density at radius 3 is 2.82 bits per heavy atom. The molecular formula is C7H7F2NO. The van der Waals surface area contributed by atoms with E-state index in [-0.39, 0.29) is 5.69 Å². The molecule has 0 aliphatic carbocycles. The highest BCUT2D eigenvalue weighted by Crippen LogP contribution is 2.19. The summed E-state index contributed by atoms with van der Waals surface area (Å²) >= 11 is 0. The van der Waals surface area contributed by atoms with Gasteiger partial charge in [0.15, 0.2) is 0 Å². The molecule has 0 fully saturated rings. The molecule has 0 N–H and O–H groups in total. The zero-order chi connectivity index (χ0) is 8.27. The molecule has 0 saturated heterocycles. The Morgan fingerprint density at radius 1 is 1.55 bits per heavy atom. The van der Waals surface area contributed by atoms with E-state index >= 15 is 0 Å². The average molecular weight is 159 g/mol. The number of pyridine rings is 1. The smallest absolute Gasteiger partial charge is 0.280 e. The van der Waals surface area contributed by atoms with Crippen molar-refractivity contribution in [1.29, 1.82) is 0 Å². The minimum atomic E-state index is -2.54. The highest BCUT2D eigenvalue weighted by atomic mass is 19.3. The predicted octanol–water partition coefficient (Wildman–Crippen LogP) is 2.03. The topological polar surface area (TPSA) is 22.1 Å². The fourth-order valence-electron chi connectivity index (χ4n) is 0.674. The van der Waals surface area contributed by atoms with Crippen LogP contribution in [0.15, 0.2) is 18.3 Å². The van der Waals surface area contributed by atoms with Gasteiger partial charge in [-0.1, -0.05) is 0 Å². The maximum absolute atomic E-state index is 12.0. The summed E-state index contributed by atoms with van der Waals surface area (Å²) in [7, 11) is 1.42. The second-order valence-corrected chi connectivity index (χ2v) is 1.92. The summed E-state index contributed by atoms with van der Waals surface area (Å²) in [5.74, 6) is 0.398. The summed E-state index contributed by atoms with van der Waals surface area (Å²) in [6, 6.07) is 2.73. The summed E-state index contributed by atoms with van der Waals surface area (Å²) in [5.41, 5.74) is -0.260. The number of alkyl halides is 2. The molecule has 1 aromatic rings. The molecule has 1 heterocycles. The van der Waals surface area contributed by atoms with E-state index < -0.39 is 6.43 Å². The fraction of sp³-hybridized carbons (Fsp3) is 0.286. The van der Waals surface area contributed by atoms with Crippen LogP contribution in [0.4, 0.5) is 8.78 Å². The summed E-state index contributed by atoms with van der Waals surface area (Å²) in [4.78, 5) is 3.46. The van der Waals surface area contributed by atoms with Gasteiger partial charge in [0, 0.05) is 12.3 Å². The molecule has 0 aliphatic heterocycles. The molecule has 11 heavy (non-hydrogen) atoms. The zero-order valence-electron chi connectivity index (χ0n) is 5.92. The maximum Gasteiger partial charge on any atom is 0.280 e. The summed E-state index contributed by atoms with van der Waals surface area (Å²) in [6.45, 7) is 0. The van der Waals surface area contributed by atoms with E-state index in [1.807, 2.05) is 0 Å². The Kier molecular flexibility index (Phi) is 2.36. The number of rotatable bonds is 2. The van der Waals surface area contributed by atoms with Crippen LogP contribution in [0.3, 0.4) is 0 Å². The lowest BCUT2D eigenvalue weighted by Gasteiger charge is -2.00. The molecule has 0 aromatic carbocycles. The minimum Gasteiger partial charge on any atom is -0.497 e. The van der Waals surface area contributed by atoms with Gasteiger partial charge in [-0.15, -0.1) is 0 Å². The first-order chi connectivity index (χ1) is 5.24. The van der Waals surface area contributed by atoms with Gasteiger partial charge in [-0.2, -0.15) is 0 Å². The lowest BCUT2D eigenvalue weighted by atomic mass is 10.3. The molecule has 4 heteroatoms. The van der Waals surface area contributed by atoms with E-state index in [9.17, 15) is 8.78 Å². The first-order valence-corrected chi connectivity index (χ1v) is 3.02. The zero-order valence-corrected chi connectivity index (χ0v) is 5.92. The van der Waals surface area contributed by atoms with Crippen LogP contribution >= 0.6 is 0 Å². The molecule has 0 radical (unpaired) electrons. The van der Waals surface area contributed by atoms with Crippen LogP contribution in [0.1, 0.15) is 12.1 Å². The van der Waals surface area contributed by atoms with Crippen LogP contribution in [-0.4, -0.2) is 12.1 Å². The van der Waals surface area contributed by atoms with Crippen molar-refractivity contribution in [2.45, 2.75) is 6.43 Å². The first kappa shape index (κ1) is 7.91. The van der Waals surface area contributed by atoms with Crippen molar-refractivity contribution in [2.75, 3.05) is 7.11 Å². The molecule has 0 amide bonds. The third kappa shape index (κ3) is 1.86. The lowest BCUT2D eigenvalue weighted by molar-refractivity contribution is 0.145. The van der Waals surface area contributed by atoms with Gasteiger partial charge < -0.3 is 4.74 Å². The highest BCUT2D eigenvalue weighted by molar-refractivity contribution is 5.22. The van der Waals surface area contributed by atoms with Crippen LogP contribution in [0, 0.1) is 0 Å². The number of nitrogens with zero attached hydrogens (tertiary/aromatic N) is 1. The number of hydrogen-bond donors (Lipinski definition) is 0. The van der Waals surface area contributed by atoms with E-state index in [0.29, 0.717) is 5.75 Å². The van der Waals surface area contributed by atoms with E-state index in [0.717, 1.165) is 0 Å². The SMILES string of the molecule is COc1ccnc(C(F)F)c1. The Hall–Kier alpha value is -1.19. The second-order valence-electron chi connectivity index (χ2n) is 1.92. The van der Waals surface area contributed by atoms with Crippen molar-refractivity contribution in [2.24, 2.45) is 0 Å². The molecule has 0 bridgehead atoms. The van der Waals surface area contributed by atoms with Gasteiger partial charge in [0.1, 0.15) is 11.4 Å². The van der Waals surface area contributed by atoms with Gasteiger partial charge >= 0.3 is 0 Å². The number of aromatic nitrogens is 1. The van der Waals surface area contributed by atoms with Gasteiger partial charge in [-0.3, -0.25) is 4.98 Å². The lowest BCUT2D eigenvalue weighted by Crippen LogP contribution is -1.90. The largest absolute Gasteiger partial charge is 0.497 e. The Balaban J connectivity index is 2.91. The number of methoxy groups -OCH3 is 1. The van der Waals surface area contributed by atoms with Gasteiger partial charge in [0.25, 0.3) is 6.43 Å². The first-order valence-electron chi connectivity index (χ1n) is 3.02. The monoisotopic (exact) mass is 159 g/mol. The molecule has 60 valence electrons. The molecule has 0 atom stereocenters. The molecule has 0 unspecified atom stereocenters. The minimum absolute atomic E-state index is 0.260. The van der Waals surface area contributed by atoms with Crippen LogP contribution in [0.25, 0.3) is 0 Å². The maximum atomic E-state index is 12.0. The van der Waals surface area contributed by atoms with Gasteiger partial charge in [-0.05, 0) is 6.07 Å². The van der Waals surface area contributed by atoms with Crippen LogP contribution in [0.2, 0.25) is 0 Å². The van der Waals surface area contributed by atoms with Crippen molar-refractivity contribution < 1.29 is 13.5 Å². The van der Waals surface area contributed by atoms with Crippen molar-refractivity contribution in [3.8, 4) is 5.75 Å². The molecular weight excluding hydrogens is 152 g/mol. The van der Waals surface area contributed by atoms with Gasteiger partial charge in [0.05, 0.1) is 7.11 Å². The van der Waals surface area contributed by atoms with Gasteiger partial charge in [-0.25, -0.2) is 8.78 Å². The van der Waals surface area contributed by atoms with Crippen molar-refractivity contribution >= 4 is 0 Å².